The number of rotatable bonds is 1. The molecule has 0 bridgehead atoms. The highest BCUT2D eigenvalue weighted by Crippen LogP contribution is 1.85. The molecule has 0 saturated carbocycles. The van der Waals surface area contributed by atoms with E-state index in [1.54, 1.807) is 22.6 Å². The SMILES string of the molecule is O=C(I)CCl. The van der Waals surface area contributed by atoms with Crippen LogP contribution >= 0.6 is 34.2 Å². The molecule has 0 heterocycles. The third-order valence-corrected chi connectivity index (χ3v) is 1.18. The Morgan fingerprint density at radius 1 is 2.00 bits per heavy atom. The zero-order chi connectivity index (χ0) is 4.28. The number of alkyl halides is 1. The first-order valence-electron chi connectivity index (χ1n) is 1.01. The minimum absolute atomic E-state index is 0.00994. The fourth-order valence-electron chi connectivity index (χ4n) is 0. The summed E-state index contributed by atoms with van der Waals surface area (Å²) >= 11 is 6.61. The molecule has 0 spiro atoms. The fourth-order valence-corrected chi connectivity index (χ4v) is 0. The monoisotopic (exact) mass is 204 g/mol. The van der Waals surface area contributed by atoms with Crippen molar-refractivity contribution in [2.75, 3.05) is 5.88 Å². The molecular weight excluding hydrogens is 202 g/mol. The van der Waals surface area contributed by atoms with Crippen LogP contribution in [0.3, 0.4) is 0 Å². The van der Waals surface area contributed by atoms with Crippen molar-refractivity contribution < 1.29 is 4.79 Å². The van der Waals surface area contributed by atoms with Gasteiger partial charge in [0.2, 0.25) is 3.79 Å². The molecule has 0 aromatic carbocycles. The van der Waals surface area contributed by atoms with E-state index >= 15 is 0 Å². The van der Waals surface area contributed by atoms with Gasteiger partial charge in [-0.3, -0.25) is 4.79 Å². The van der Waals surface area contributed by atoms with E-state index in [0.717, 1.165) is 0 Å². The van der Waals surface area contributed by atoms with Crippen LogP contribution in [0.15, 0.2) is 0 Å². The van der Waals surface area contributed by atoms with Crippen LogP contribution in [-0.4, -0.2) is 9.67 Å². The largest absolute Gasteiger partial charge is 0.286 e. The van der Waals surface area contributed by atoms with Gasteiger partial charge in [-0.2, -0.15) is 0 Å². The highest BCUT2D eigenvalue weighted by Gasteiger charge is 1.82. The first-order chi connectivity index (χ1) is 2.27. The van der Waals surface area contributed by atoms with Crippen molar-refractivity contribution in [3.8, 4) is 0 Å². The lowest BCUT2D eigenvalue weighted by Gasteiger charge is -1.66. The molecular formula is C2H2ClIO. The second kappa shape index (κ2) is 2.90. The summed E-state index contributed by atoms with van der Waals surface area (Å²) in [6.45, 7) is 0. The van der Waals surface area contributed by atoms with Crippen LogP contribution < -0.4 is 0 Å². The molecule has 0 aliphatic rings. The Morgan fingerprint density at radius 3 is 2.20 bits per heavy atom. The molecule has 5 heavy (non-hydrogen) atoms. The van der Waals surface area contributed by atoms with Crippen molar-refractivity contribution in [1.29, 1.82) is 0 Å². The average molecular weight is 204 g/mol. The predicted octanol–water partition coefficient (Wildman–Crippen LogP) is 1.19. The van der Waals surface area contributed by atoms with Crippen molar-refractivity contribution >= 4 is 38.0 Å². The van der Waals surface area contributed by atoms with E-state index < -0.39 is 0 Å². The van der Waals surface area contributed by atoms with Crippen LogP contribution in [0.4, 0.5) is 0 Å². The zero-order valence-electron chi connectivity index (χ0n) is 2.37. The second-order valence-corrected chi connectivity index (χ2v) is 1.96. The number of hydrogen-bond acceptors (Lipinski definition) is 1. The van der Waals surface area contributed by atoms with E-state index in [-0.39, 0.29) is 9.67 Å². The molecule has 1 nitrogen and oxygen atoms in total. The van der Waals surface area contributed by atoms with Gasteiger partial charge in [0.05, 0.1) is 5.88 Å². The lowest BCUT2D eigenvalue weighted by molar-refractivity contribution is -0.107. The molecule has 0 aromatic heterocycles. The number of carbonyl (C=O) groups is 1. The molecule has 0 saturated heterocycles. The maximum Gasteiger partial charge on any atom is 0.207 e. The summed E-state index contributed by atoms with van der Waals surface area (Å²) in [4.78, 5) is 9.67. The summed E-state index contributed by atoms with van der Waals surface area (Å²) in [6.07, 6.45) is 0. The molecule has 0 fully saturated rings. The van der Waals surface area contributed by atoms with Gasteiger partial charge in [-0.25, -0.2) is 0 Å². The minimum atomic E-state index is -0.00994. The minimum Gasteiger partial charge on any atom is -0.286 e. The van der Waals surface area contributed by atoms with Crippen LogP contribution in [0.1, 0.15) is 0 Å². The standard InChI is InChI=1S/C2H2ClIO/c3-1-2(4)5/h1H2. The third-order valence-electron chi connectivity index (χ3n) is 0.105. The van der Waals surface area contributed by atoms with Gasteiger partial charge in [0.1, 0.15) is 0 Å². The predicted molar refractivity (Wildman–Crippen MR) is 29.7 cm³/mol. The summed E-state index contributed by atoms with van der Waals surface area (Å²) in [5.41, 5.74) is 0. The molecule has 0 aromatic rings. The first kappa shape index (κ1) is 5.69. The van der Waals surface area contributed by atoms with Crippen LogP contribution in [0.25, 0.3) is 0 Å². The van der Waals surface area contributed by atoms with Gasteiger partial charge in [-0.1, -0.05) is 0 Å². The fraction of sp³-hybridized carbons (Fsp3) is 0.500. The third kappa shape index (κ3) is 4.69. The van der Waals surface area contributed by atoms with Gasteiger partial charge in [-0.05, 0) is 0 Å². The molecule has 0 aliphatic carbocycles. The van der Waals surface area contributed by atoms with Crippen molar-refractivity contribution in [1.82, 2.24) is 0 Å². The summed E-state index contributed by atoms with van der Waals surface area (Å²) in [6, 6.07) is 0. The Labute approximate surface area is 48.8 Å². The van der Waals surface area contributed by atoms with Gasteiger partial charge in [0, 0.05) is 22.6 Å². The van der Waals surface area contributed by atoms with Crippen molar-refractivity contribution in [3.63, 3.8) is 0 Å². The Kier molecular flexibility index (Phi) is 3.30. The maximum absolute atomic E-state index is 9.67. The lowest BCUT2D eigenvalue weighted by Crippen LogP contribution is -1.80. The molecule has 0 unspecified atom stereocenters. The van der Waals surface area contributed by atoms with E-state index in [2.05, 4.69) is 0 Å². The average Bonchev–Trinajstić information content (AvgIpc) is 1.38. The Morgan fingerprint density at radius 2 is 2.20 bits per heavy atom. The molecule has 0 rings (SSSR count). The van der Waals surface area contributed by atoms with Gasteiger partial charge >= 0.3 is 0 Å². The molecule has 0 aliphatic heterocycles. The molecule has 30 valence electrons. The highest BCUT2D eigenvalue weighted by atomic mass is 127. The maximum atomic E-state index is 9.67. The second-order valence-electron chi connectivity index (χ2n) is 0.489. The van der Waals surface area contributed by atoms with E-state index in [4.69, 9.17) is 11.6 Å². The van der Waals surface area contributed by atoms with E-state index in [0.29, 0.717) is 0 Å². The zero-order valence-corrected chi connectivity index (χ0v) is 5.28. The smallest absolute Gasteiger partial charge is 0.207 e. The number of halogens is 2. The quantitative estimate of drug-likeness (QED) is 0.356. The lowest BCUT2D eigenvalue weighted by atomic mass is 10.9. The van der Waals surface area contributed by atoms with Crippen molar-refractivity contribution in [2.45, 2.75) is 0 Å². The molecule has 0 atom stereocenters. The van der Waals surface area contributed by atoms with Crippen molar-refractivity contribution in [2.24, 2.45) is 0 Å². The Hall–Kier alpha value is 0.690. The van der Waals surface area contributed by atoms with Gasteiger partial charge < -0.3 is 0 Å². The summed E-state index contributed by atoms with van der Waals surface area (Å²) in [5.74, 6) is 0.126. The van der Waals surface area contributed by atoms with Crippen LogP contribution in [0, 0.1) is 0 Å². The van der Waals surface area contributed by atoms with Crippen LogP contribution in [0.5, 0.6) is 0 Å². The summed E-state index contributed by atoms with van der Waals surface area (Å²) < 4.78 is -0.00994. The molecule has 0 radical (unpaired) electrons. The highest BCUT2D eigenvalue weighted by molar-refractivity contribution is 14.1. The topological polar surface area (TPSA) is 17.1 Å². The van der Waals surface area contributed by atoms with Gasteiger partial charge in [0.25, 0.3) is 0 Å². The van der Waals surface area contributed by atoms with E-state index in [1.165, 1.54) is 0 Å². The Balaban J connectivity index is 2.85. The number of carbonyl (C=O) groups excluding carboxylic acids is 1. The molecule has 3 heteroatoms. The van der Waals surface area contributed by atoms with E-state index in [9.17, 15) is 4.79 Å². The Bertz CT molecular complexity index is 44.9. The summed E-state index contributed by atoms with van der Waals surface area (Å²) in [7, 11) is 0. The van der Waals surface area contributed by atoms with Crippen LogP contribution in [-0.2, 0) is 4.79 Å². The van der Waals surface area contributed by atoms with E-state index in [1.807, 2.05) is 0 Å². The van der Waals surface area contributed by atoms with Gasteiger partial charge in [-0.15, -0.1) is 11.6 Å². The number of hydrogen-bond donors (Lipinski definition) is 0. The van der Waals surface area contributed by atoms with Gasteiger partial charge in [0.15, 0.2) is 0 Å². The van der Waals surface area contributed by atoms with Crippen LogP contribution in [0.2, 0.25) is 0 Å². The normalized spacial score (nSPS) is 7.60. The van der Waals surface area contributed by atoms with Crippen molar-refractivity contribution in [3.05, 3.63) is 0 Å². The molecule has 0 N–H and O–H groups in total. The molecule has 0 amide bonds. The summed E-state index contributed by atoms with van der Waals surface area (Å²) in [5, 5.41) is 0. The first-order valence-corrected chi connectivity index (χ1v) is 2.63.